The van der Waals surface area contributed by atoms with Crippen LogP contribution >= 0.6 is 11.8 Å². The summed E-state index contributed by atoms with van der Waals surface area (Å²) < 4.78 is 7.20. The van der Waals surface area contributed by atoms with Gasteiger partial charge in [0.25, 0.3) is 5.91 Å². The Morgan fingerprint density at radius 3 is 2.50 bits per heavy atom. The fourth-order valence-corrected chi connectivity index (χ4v) is 4.02. The molecule has 2 N–H and O–H groups in total. The normalized spacial score (nSPS) is 11.6. The Morgan fingerprint density at radius 2 is 1.88 bits per heavy atom. The van der Waals surface area contributed by atoms with Crippen molar-refractivity contribution < 1.29 is 14.6 Å². The summed E-state index contributed by atoms with van der Waals surface area (Å²) in [5, 5.41) is 31.8. The molecule has 0 aliphatic carbocycles. The molecular weight excluding hydrogens is 450 g/mol. The number of aromatic nitrogens is 3. The van der Waals surface area contributed by atoms with E-state index >= 15 is 0 Å². The molecule has 0 saturated heterocycles. The number of carbonyl (C=O) groups excluding carboxylic acids is 1. The Balaban J connectivity index is 1.75. The van der Waals surface area contributed by atoms with E-state index in [1.54, 1.807) is 7.11 Å². The van der Waals surface area contributed by atoms with Crippen molar-refractivity contribution >= 4 is 17.7 Å². The summed E-state index contributed by atoms with van der Waals surface area (Å²) in [6, 6.07) is 18.7. The third-order valence-corrected chi connectivity index (χ3v) is 5.85. The number of nitriles is 1. The molecule has 0 spiro atoms. The van der Waals surface area contributed by atoms with E-state index in [9.17, 15) is 15.2 Å². The molecule has 0 saturated carbocycles. The summed E-state index contributed by atoms with van der Waals surface area (Å²) in [7, 11) is 1.61. The number of methoxy groups -OCH3 is 1. The second-order valence-electron chi connectivity index (χ2n) is 7.93. The average molecular weight is 478 g/mol. The molecule has 1 amide bonds. The number of hydrogen-bond donors (Lipinski definition) is 2. The molecule has 8 nitrogen and oxygen atoms in total. The fraction of sp³-hybridized carbons (Fsp3) is 0.280. The van der Waals surface area contributed by atoms with Gasteiger partial charge in [-0.3, -0.25) is 4.79 Å². The molecule has 0 aliphatic heterocycles. The molecule has 9 heteroatoms. The van der Waals surface area contributed by atoms with Crippen molar-refractivity contribution in [2.24, 2.45) is 5.92 Å². The van der Waals surface area contributed by atoms with E-state index in [1.807, 2.05) is 65.2 Å². The number of benzene rings is 2. The molecule has 1 aromatic heterocycles. The standard InChI is InChI=1S/C25H27N5O3S/c1-17(2)15-30-23(19-9-11-20(33-3)12-10-19)28-29-25(30)34-16-22(31)21(13-26)24(32)27-14-18-7-5-4-6-8-18/h4-12,17,31H,14-16H2,1-3H3,(H,27,32). The molecule has 2 aromatic carbocycles. The highest BCUT2D eigenvalue weighted by Gasteiger charge is 2.19. The number of thioether (sulfide) groups is 1. The van der Waals surface area contributed by atoms with Gasteiger partial charge in [-0.15, -0.1) is 10.2 Å². The first-order valence-electron chi connectivity index (χ1n) is 10.8. The zero-order valence-corrected chi connectivity index (χ0v) is 20.2. The van der Waals surface area contributed by atoms with Crippen LogP contribution in [0.2, 0.25) is 0 Å². The molecule has 0 atom stereocenters. The molecule has 1 heterocycles. The average Bonchev–Trinajstić information content (AvgIpc) is 3.24. The zero-order chi connectivity index (χ0) is 24.5. The van der Waals surface area contributed by atoms with Gasteiger partial charge in [0.2, 0.25) is 0 Å². The fourth-order valence-electron chi connectivity index (χ4n) is 3.20. The summed E-state index contributed by atoms with van der Waals surface area (Å²) in [4.78, 5) is 12.5. The van der Waals surface area contributed by atoms with Gasteiger partial charge in [-0.05, 0) is 35.7 Å². The minimum Gasteiger partial charge on any atom is -0.510 e. The number of nitrogens with one attached hydrogen (secondary N) is 1. The van der Waals surface area contributed by atoms with Gasteiger partial charge in [-0.25, -0.2) is 0 Å². The highest BCUT2D eigenvalue weighted by molar-refractivity contribution is 7.99. The maximum absolute atomic E-state index is 12.5. The number of amides is 1. The predicted octanol–water partition coefficient (Wildman–Crippen LogP) is 4.35. The lowest BCUT2D eigenvalue weighted by Gasteiger charge is -2.13. The van der Waals surface area contributed by atoms with Crippen molar-refractivity contribution in [3.05, 3.63) is 71.5 Å². The predicted molar refractivity (Wildman–Crippen MR) is 131 cm³/mol. The highest BCUT2D eigenvalue weighted by atomic mass is 32.2. The molecular formula is C25H27N5O3S. The van der Waals surface area contributed by atoms with Crippen LogP contribution in [-0.4, -0.2) is 38.6 Å². The Kier molecular flexibility index (Phi) is 8.71. The zero-order valence-electron chi connectivity index (χ0n) is 19.4. The van der Waals surface area contributed by atoms with Gasteiger partial charge < -0.3 is 19.7 Å². The SMILES string of the molecule is COc1ccc(-c2nnc(SCC(O)=C(C#N)C(=O)NCc3ccccc3)n2CC(C)C)cc1. The van der Waals surface area contributed by atoms with E-state index in [0.717, 1.165) is 16.9 Å². The maximum Gasteiger partial charge on any atom is 0.265 e. The lowest BCUT2D eigenvalue weighted by Crippen LogP contribution is -2.25. The maximum atomic E-state index is 12.5. The number of hydrogen-bond acceptors (Lipinski definition) is 7. The molecule has 176 valence electrons. The van der Waals surface area contributed by atoms with Crippen molar-refractivity contribution in [3.8, 4) is 23.2 Å². The highest BCUT2D eigenvalue weighted by Crippen LogP contribution is 2.27. The Labute approximate surface area is 203 Å². The second-order valence-corrected chi connectivity index (χ2v) is 8.87. The van der Waals surface area contributed by atoms with E-state index in [2.05, 4.69) is 29.4 Å². The number of aliphatic hydroxyl groups is 1. The Hall–Kier alpha value is -3.77. The molecule has 0 aliphatic rings. The summed E-state index contributed by atoms with van der Waals surface area (Å²) in [6.07, 6.45) is 0. The number of aliphatic hydroxyl groups excluding tert-OH is 1. The van der Waals surface area contributed by atoms with Crippen LogP contribution < -0.4 is 10.1 Å². The van der Waals surface area contributed by atoms with Crippen molar-refractivity contribution in [1.29, 1.82) is 5.26 Å². The molecule has 0 unspecified atom stereocenters. The summed E-state index contributed by atoms with van der Waals surface area (Å²) in [5.74, 6) is 0.868. The van der Waals surface area contributed by atoms with Crippen molar-refractivity contribution in [3.63, 3.8) is 0 Å². The van der Waals surface area contributed by atoms with Crippen LogP contribution in [0, 0.1) is 17.2 Å². The van der Waals surface area contributed by atoms with Gasteiger partial charge in [0.15, 0.2) is 16.6 Å². The molecule has 0 bridgehead atoms. The second kappa shape index (κ2) is 11.9. The van der Waals surface area contributed by atoms with Crippen LogP contribution in [0.25, 0.3) is 11.4 Å². The topological polar surface area (TPSA) is 113 Å². The largest absolute Gasteiger partial charge is 0.510 e. The quantitative estimate of drug-likeness (QED) is 0.193. The number of nitrogens with zero attached hydrogens (tertiary/aromatic N) is 4. The molecule has 0 radical (unpaired) electrons. The van der Waals surface area contributed by atoms with Gasteiger partial charge in [0, 0.05) is 18.7 Å². The molecule has 34 heavy (non-hydrogen) atoms. The van der Waals surface area contributed by atoms with E-state index < -0.39 is 5.91 Å². The van der Waals surface area contributed by atoms with Crippen LogP contribution in [0.1, 0.15) is 19.4 Å². The van der Waals surface area contributed by atoms with Gasteiger partial charge in [-0.2, -0.15) is 5.26 Å². The molecule has 3 rings (SSSR count). The first-order chi connectivity index (χ1) is 16.4. The van der Waals surface area contributed by atoms with E-state index in [-0.39, 0.29) is 23.6 Å². The van der Waals surface area contributed by atoms with Crippen molar-refractivity contribution in [1.82, 2.24) is 20.1 Å². The Bertz CT molecular complexity index is 1180. The van der Waals surface area contributed by atoms with Crippen LogP contribution in [-0.2, 0) is 17.9 Å². The monoisotopic (exact) mass is 477 g/mol. The van der Waals surface area contributed by atoms with Crippen LogP contribution in [0.5, 0.6) is 5.75 Å². The van der Waals surface area contributed by atoms with E-state index in [1.165, 1.54) is 11.8 Å². The van der Waals surface area contributed by atoms with Gasteiger partial charge >= 0.3 is 0 Å². The molecule has 0 fully saturated rings. The summed E-state index contributed by atoms with van der Waals surface area (Å²) in [5.41, 5.74) is 1.47. The van der Waals surface area contributed by atoms with Crippen LogP contribution in [0.4, 0.5) is 0 Å². The van der Waals surface area contributed by atoms with Crippen LogP contribution in [0.15, 0.2) is 71.1 Å². The van der Waals surface area contributed by atoms with E-state index in [0.29, 0.717) is 23.4 Å². The number of rotatable bonds is 10. The minimum absolute atomic E-state index is 0.0144. The first kappa shape index (κ1) is 24.9. The lowest BCUT2D eigenvalue weighted by atomic mass is 10.2. The van der Waals surface area contributed by atoms with Crippen LogP contribution in [0.3, 0.4) is 0 Å². The first-order valence-corrected chi connectivity index (χ1v) is 11.8. The van der Waals surface area contributed by atoms with Gasteiger partial charge in [0.05, 0.1) is 12.9 Å². The van der Waals surface area contributed by atoms with Gasteiger partial charge in [-0.1, -0.05) is 55.9 Å². The van der Waals surface area contributed by atoms with Gasteiger partial charge in [0.1, 0.15) is 17.6 Å². The number of carbonyl (C=O) groups is 1. The molecule has 3 aromatic rings. The Morgan fingerprint density at radius 1 is 1.18 bits per heavy atom. The summed E-state index contributed by atoms with van der Waals surface area (Å²) in [6.45, 7) is 5.12. The van der Waals surface area contributed by atoms with Crippen molar-refractivity contribution in [2.45, 2.75) is 32.1 Å². The minimum atomic E-state index is -0.618. The number of ether oxygens (including phenoxy) is 1. The lowest BCUT2D eigenvalue weighted by molar-refractivity contribution is -0.117. The third-order valence-electron chi connectivity index (χ3n) is 4.87. The van der Waals surface area contributed by atoms with Crippen molar-refractivity contribution in [2.75, 3.05) is 12.9 Å². The third kappa shape index (κ3) is 6.39. The summed E-state index contributed by atoms with van der Waals surface area (Å²) >= 11 is 1.22. The van der Waals surface area contributed by atoms with E-state index in [4.69, 9.17) is 4.74 Å². The smallest absolute Gasteiger partial charge is 0.265 e.